The first-order valence-corrected chi connectivity index (χ1v) is 6.33. The van der Waals surface area contributed by atoms with Crippen LogP contribution in [-0.2, 0) is 0 Å². The number of halogens is 2. The Hall–Kier alpha value is -1.27. The van der Waals surface area contributed by atoms with Gasteiger partial charge in [-0.1, -0.05) is 19.0 Å². The normalized spacial score (nSPS) is 13.0. The summed E-state index contributed by atoms with van der Waals surface area (Å²) in [5.41, 5.74) is 6.59. The van der Waals surface area contributed by atoms with Crippen LogP contribution in [0.2, 0.25) is 0 Å². The molecule has 4 nitrogen and oxygen atoms in total. The Kier molecular flexibility index (Phi) is 3.77. The molecule has 1 aromatic heterocycles. The molecule has 2 aromatic rings. The van der Waals surface area contributed by atoms with Crippen LogP contribution in [-0.4, -0.2) is 10.1 Å². The van der Waals surface area contributed by atoms with Crippen molar-refractivity contribution in [3.8, 4) is 11.4 Å². The lowest BCUT2D eigenvalue weighted by molar-refractivity contribution is 0.325. The van der Waals surface area contributed by atoms with Gasteiger partial charge in [0.25, 0.3) is 0 Å². The zero-order valence-corrected chi connectivity index (χ0v) is 11.6. The molecular formula is C12H13BrFN3O. The molecule has 1 aromatic carbocycles. The second kappa shape index (κ2) is 5.16. The molecule has 18 heavy (non-hydrogen) atoms. The van der Waals surface area contributed by atoms with E-state index in [4.69, 9.17) is 10.3 Å². The highest BCUT2D eigenvalue weighted by molar-refractivity contribution is 9.10. The first kappa shape index (κ1) is 13.2. The fourth-order valence-electron chi connectivity index (χ4n) is 1.41. The summed E-state index contributed by atoms with van der Waals surface area (Å²) in [6.45, 7) is 3.95. The Morgan fingerprint density at radius 1 is 1.39 bits per heavy atom. The van der Waals surface area contributed by atoms with Crippen LogP contribution in [0.4, 0.5) is 4.39 Å². The Balaban J connectivity index is 2.32. The van der Waals surface area contributed by atoms with Gasteiger partial charge in [0.2, 0.25) is 11.7 Å². The second-order valence-corrected chi connectivity index (χ2v) is 5.21. The molecule has 0 amide bonds. The van der Waals surface area contributed by atoms with E-state index in [1.165, 1.54) is 6.07 Å². The van der Waals surface area contributed by atoms with Gasteiger partial charge in [-0.15, -0.1) is 0 Å². The summed E-state index contributed by atoms with van der Waals surface area (Å²) < 4.78 is 18.6. The lowest BCUT2D eigenvalue weighted by Crippen LogP contribution is -2.16. The van der Waals surface area contributed by atoms with Gasteiger partial charge in [-0.3, -0.25) is 0 Å². The third-order valence-corrected chi connectivity index (χ3v) is 3.23. The minimum absolute atomic E-state index is 0.207. The summed E-state index contributed by atoms with van der Waals surface area (Å²) in [5, 5.41) is 3.85. The summed E-state index contributed by atoms with van der Waals surface area (Å²) in [6.07, 6.45) is 0. The van der Waals surface area contributed by atoms with E-state index in [1.807, 2.05) is 13.8 Å². The second-order valence-electron chi connectivity index (χ2n) is 4.35. The number of nitrogens with two attached hydrogens (primary N) is 1. The molecule has 0 aliphatic heterocycles. The van der Waals surface area contributed by atoms with Crippen LogP contribution in [0.15, 0.2) is 27.2 Å². The van der Waals surface area contributed by atoms with Gasteiger partial charge in [0.05, 0.1) is 10.5 Å². The molecule has 96 valence electrons. The maximum atomic E-state index is 13.1. The number of nitrogens with zero attached hydrogens (tertiary/aromatic N) is 2. The van der Waals surface area contributed by atoms with Crippen molar-refractivity contribution in [1.29, 1.82) is 0 Å². The summed E-state index contributed by atoms with van der Waals surface area (Å²) in [4.78, 5) is 4.23. The molecule has 0 aliphatic rings. The number of benzene rings is 1. The summed E-state index contributed by atoms with van der Waals surface area (Å²) in [5.74, 6) is 0.668. The topological polar surface area (TPSA) is 64.9 Å². The number of hydrogen-bond acceptors (Lipinski definition) is 4. The van der Waals surface area contributed by atoms with Crippen LogP contribution in [0.25, 0.3) is 11.4 Å². The molecule has 0 unspecified atom stereocenters. The zero-order valence-electron chi connectivity index (χ0n) is 10.0. The minimum Gasteiger partial charge on any atom is -0.337 e. The highest BCUT2D eigenvalue weighted by Crippen LogP contribution is 2.25. The lowest BCUT2D eigenvalue weighted by atomic mass is 10.1. The first-order valence-electron chi connectivity index (χ1n) is 5.53. The average molecular weight is 314 g/mol. The van der Waals surface area contributed by atoms with Crippen molar-refractivity contribution in [1.82, 2.24) is 10.1 Å². The maximum Gasteiger partial charge on any atom is 0.244 e. The third kappa shape index (κ3) is 2.59. The molecule has 1 heterocycles. The van der Waals surface area contributed by atoms with Crippen molar-refractivity contribution in [2.45, 2.75) is 19.9 Å². The van der Waals surface area contributed by atoms with Gasteiger partial charge in [-0.2, -0.15) is 4.98 Å². The van der Waals surface area contributed by atoms with E-state index < -0.39 is 0 Å². The van der Waals surface area contributed by atoms with Crippen LogP contribution in [0, 0.1) is 11.7 Å². The monoisotopic (exact) mass is 313 g/mol. The van der Waals surface area contributed by atoms with Gasteiger partial charge in [-0.05, 0) is 40.0 Å². The largest absolute Gasteiger partial charge is 0.337 e. The van der Waals surface area contributed by atoms with Gasteiger partial charge < -0.3 is 10.3 Å². The maximum absolute atomic E-state index is 13.1. The van der Waals surface area contributed by atoms with E-state index in [0.29, 0.717) is 21.8 Å². The van der Waals surface area contributed by atoms with Gasteiger partial charge in [0, 0.05) is 5.56 Å². The highest BCUT2D eigenvalue weighted by atomic mass is 79.9. The Morgan fingerprint density at radius 3 is 2.72 bits per heavy atom. The molecule has 0 saturated carbocycles. The summed E-state index contributed by atoms with van der Waals surface area (Å²) in [6, 6.07) is 4.24. The number of hydrogen-bond donors (Lipinski definition) is 1. The fourth-order valence-corrected chi connectivity index (χ4v) is 1.79. The Labute approximate surface area is 113 Å². The van der Waals surface area contributed by atoms with Crippen LogP contribution in [0.3, 0.4) is 0 Å². The highest BCUT2D eigenvalue weighted by Gasteiger charge is 2.18. The summed E-state index contributed by atoms with van der Waals surface area (Å²) in [7, 11) is 0. The van der Waals surface area contributed by atoms with Crippen molar-refractivity contribution in [3.63, 3.8) is 0 Å². The molecule has 0 spiro atoms. The molecule has 2 N–H and O–H groups in total. The predicted molar refractivity (Wildman–Crippen MR) is 69.2 cm³/mol. The van der Waals surface area contributed by atoms with Gasteiger partial charge in [-0.25, -0.2) is 4.39 Å². The smallest absolute Gasteiger partial charge is 0.244 e. The van der Waals surface area contributed by atoms with Crippen molar-refractivity contribution < 1.29 is 8.91 Å². The van der Waals surface area contributed by atoms with Gasteiger partial charge in [0.15, 0.2) is 0 Å². The molecule has 2 rings (SSSR count). The van der Waals surface area contributed by atoms with E-state index in [0.717, 1.165) is 0 Å². The first-order chi connectivity index (χ1) is 8.49. The van der Waals surface area contributed by atoms with Crippen molar-refractivity contribution in [2.75, 3.05) is 0 Å². The number of aromatic nitrogens is 2. The zero-order chi connectivity index (χ0) is 13.3. The van der Waals surface area contributed by atoms with Crippen LogP contribution < -0.4 is 5.73 Å². The van der Waals surface area contributed by atoms with Crippen LogP contribution >= 0.6 is 15.9 Å². The van der Waals surface area contributed by atoms with E-state index in [9.17, 15) is 4.39 Å². The van der Waals surface area contributed by atoms with E-state index >= 15 is 0 Å². The standard InChI is InChI=1S/C12H13BrFN3O/c1-6(2)10(15)12-16-11(17-18-12)7-3-4-9(14)8(13)5-7/h3-6,10H,15H2,1-2H3/t10-/m1/s1. The Bertz CT molecular complexity index is 556. The molecule has 0 saturated heterocycles. The lowest BCUT2D eigenvalue weighted by Gasteiger charge is -2.09. The molecule has 6 heteroatoms. The van der Waals surface area contributed by atoms with Crippen molar-refractivity contribution in [3.05, 3.63) is 34.4 Å². The number of rotatable bonds is 3. The van der Waals surface area contributed by atoms with Crippen molar-refractivity contribution >= 4 is 15.9 Å². The minimum atomic E-state index is -0.332. The van der Waals surface area contributed by atoms with E-state index in [1.54, 1.807) is 12.1 Å². The average Bonchev–Trinajstić information content (AvgIpc) is 2.81. The van der Waals surface area contributed by atoms with Crippen molar-refractivity contribution in [2.24, 2.45) is 11.7 Å². The molecule has 0 radical (unpaired) electrons. The fraction of sp³-hybridized carbons (Fsp3) is 0.333. The molecule has 0 aliphatic carbocycles. The Morgan fingerprint density at radius 2 is 2.11 bits per heavy atom. The van der Waals surface area contributed by atoms with E-state index in [-0.39, 0.29) is 17.8 Å². The predicted octanol–water partition coefficient (Wildman–Crippen LogP) is 3.29. The quantitative estimate of drug-likeness (QED) is 0.944. The van der Waals surface area contributed by atoms with Crippen LogP contribution in [0.5, 0.6) is 0 Å². The summed E-state index contributed by atoms with van der Waals surface area (Å²) >= 11 is 3.12. The SMILES string of the molecule is CC(C)[C@@H](N)c1nc(-c2ccc(F)c(Br)c2)no1. The molecule has 0 fully saturated rings. The van der Waals surface area contributed by atoms with E-state index in [2.05, 4.69) is 26.1 Å². The van der Waals surface area contributed by atoms with Gasteiger partial charge >= 0.3 is 0 Å². The third-order valence-electron chi connectivity index (χ3n) is 2.62. The van der Waals surface area contributed by atoms with Crippen LogP contribution in [0.1, 0.15) is 25.8 Å². The molecule has 0 bridgehead atoms. The molecular weight excluding hydrogens is 301 g/mol. The van der Waals surface area contributed by atoms with Gasteiger partial charge in [0.1, 0.15) is 5.82 Å². The molecule has 1 atom stereocenters.